The molecular formula is C24H25FN6O4. The number of carboxylic acid groups (broad SMARTS) is 1. The molecular weight excluding hydrogens is 455 g/mol. The molecule has 0 aliphatic heterocycles. The summed E-state index contributed by atoms with van der Waals surface area (Å²) in [7, 11) is 3.21. The number of ether oxygens (including phenoxy) is 1. The topological polar surface area (TPSA) is 128 Å². The summed E-state index contributed by atoms with van der Waals surface area (Å²) < 4.78 is 23.4. The zero-order chi connectivity index (χ0) is 25.3. The first-order valence-corrected chi connectivity index (χ1v) is 10.8. The number of halogens is 1. The van der Waals surface area contributed by atoms with Crippen molar-refractivity contribution in [2.45, 2.75) is 19.9 Å². The molecule has 0 fully saturated rings. The Labute approximate surface area is 200 Å². The van der Waals surface area contributed by atoms with Crippen molar-refractivity contribution in [1.82, 2.24) is 24.1 Å². The number of carbonyl (C=O) groups excluding carboxylic acids is 1. The van der Waals surface area contributed by atoms with Crippen LogP contribution in [0.2, 0.25) is 0 Å². The second-order valence-corrected chi connectivity index (χ2v) is 8.17. The van der Waals surface area contributed by atoms with E-state index in [9.17, 15) is 19.1 Å². The Hall–Kier alpha value is -4.41. The van der Waals surface area contributed by atoms with Gasteiger partial charge in [-0.25, -0.2) is 14.2 Å². The lowest BCUT2D eigenvalue weighted by Crippen LogP contribution is -2.24. The monoisotopic (exact) mass is 480 g/mol. The van der Waals surface area contributed by atoms with Crippen LogP contribution in [0.3, 0.4) is 0 Å². The average molecular weight is 481 g/mol. The summed E-state index contributed by atoms with van der Waals surface area (Å²) in [6, 6.07) is 7.90. The zero-order valence-electron chi connectivity index (χ0n) is 19.5. The number of primary amides is 1. The fraction of sp³-hybridized carbons (Fsp3) is 0.250. The van der Waals surface area contributed by atoms with E-state index in [1.807, 2.05) is 19.2 Å². The standard InChI is InChI=1S/C24H25FN6O4/c1-14-18(22(23(26)32)28-30(14)3)8-9-35-20-10-16(25)5-6-19(20)15-4-7-21-27-11-17(31(21)12-15)13-29(2)24(33)34/h4-7,10-12H,8-9,13H2,1-3H3,(H2,26,32)(H,33,34). The van der Waals surface area contributed by atoms with E-state index in [2.05, 4.69) is 10.1 Å². The van der Waals surface area contributed by atoms with Gasteiger partial charge in [0.2, 0.25) is 0 Å². The molecule has 0 saturated heterocycles. The summed E-state index contributed by atoms with van der Waals surface area (Å²) in [5.41, 5.74) is 9.84. The minimum absolute atomic E-state index is 0.152. The van der Waals surface area contributed by atoms with Crippen LogP contribution in [-0.2, 0) is 20.0 Å². The molecule has 3 heterocycles. The van der Waals surface area contributed by atoms with Crippen LogP contribution in [0.1, 0.15) is 27.4 Å². The van der Waals surface area contributed by atoms with E-state index >= 15 is 0 Å². The quantitative estimate of drug-likeness (QED) is 0.399. The van der Waals surface area contributed by atoms with Crippen LogP contribution in [0, 0.1) is 12.7 Å². The number of nitrogens with two attached hydrogens (primary N) is 1. The molecule has 3 N–H and O–H groups in total. The van der Waals surface area contributed by atoms with E-state index in [0.29, 0.717) is 34.6 Å². The van der Waals surface area contributed by atoms with Crippen molar-refractivity contribution in [3.05, 3.63) is 71.2 Å². The molecule has 0 aliphatic carbocycles. The molecule has 0 bridgehead atoms. The van der Waals surface area contributed by atoms with Gasteiger partial charge in [0, 0.05) is 55.2 Å². The van der Waals surface area contributed by atoms with Crippen LogP contribution < -0.4 is 10.5 Å². The maximum atomic E-state index is 14.1. The Morgan fingerprint density at radius 2 is 2.03 bits per heavy atom. The summed E-state index contributed by atoms with van der Waals surface area (Å²) >= 11 is 0. The normalized spacial score (nSPS) is 11.1. The minimum Gasteiger partial charge on any atom is -0.492 e. The number of nitrogens with zero attached hydrogens (tertiary/aromatic N) is 5. The SMILES string of the molecule is Cc1c(CCOc2cc(F)ccc2-c2ccc3ncc(CN(C)C(=O)O)n3c2)c(C(N)=O)nn1C. The number of aryl methyl sites for hydroxylation is 1. The van der Waals surface area contributed by atoms with Crippen LogP contribution in [0.15, 0.2) is 42.7 Å². The number of pyridine rings is 1. The largest absolute Gasteiger partial charge is 0.492 e. The highest BCUT2D eigenvalue weighted by Gasteiger charge is 2.18. The molecule has 2 amide bonds. The van der Waals surface area contributed by atoms with E-state index in [0.717, 1.165) is 16.2 Å². The molecule has 0 atom stereocenters. The molecule has 4 rings (SSSR count). The third-order valence-electron chi connectivity index (χ3n) is 5.86. The van der Waals surface area contributed by atoms with E-state index in [4.69, 9.17) is 10.5 Å². The molecule has 0 radical (unpaired) electrons. The van der Waals surface area contributed by atoms with E-state index in [1.165, 1.54) is 19.2 Å². The number of carbonyl (C=O) groups is 2. The highest BCUT2D eigenvalue weighted by atomic mass is 19.1. The van der Waals surface area contributed by atoms with Gasteiger partial charge in [-0.2, -0.15) is 5.10 Å². The molecule has 0 saturated carbocycles. The number of hydrogen-bond acceptors (Lipinski definition) is 5. The number of benzene rings is 1. The number of hydrogen-bond donors (Lipinski definition) is 2. The first-order valence-electron chi connectivity index (χ1n) is 10.8. The molecule has 10 nitrogen and oxygen atoms in total. The van der Waals surface area contributed by atoms with Crippen molar-refractivity contribution >= 4 is 17.6 Å². The van der Waals surface area contributed by atoms with Gasteiger partial charge >= 0.3 is 6.09 Å². The molecule has 3 aromatic heterocycles. The molecule has 11 heteroatoms. The van der Waals surface area contributed by atoms with Gasteiger partial charge in [0.25, 0.3) is 5.91 Å². The molecule has 0 unspecified atom stereocenters. The molecule has 1 aromatic carbocycles. The number of aromatic nitrogens is 4. The van der Waals surface area contributed by atoms with Crippen molar-refractivity contribution < 1.29 is 23.8 Å². The van der Waals surface area contributed by atoms with Crippen molar-refractivity contribution in [1.29, 1.82) is 0 Å². The lowest BCUT2D eigenvalue weighted by atomic mass is 10.1. The van der Waals surface area contributed by atoms with Crippen LogP contribution >= 0.6 is 0 Å². The summed E-state index contributed by atoms with van der Waals surface area (Å²) in [5.74, 6) is -0.740. The van der Waals surface area contributed by atoms with Gasteiger partial charge < -0.3 is 24.9 Å². The van der Waals surface area contributed by atoms with Crippen LogP contribution in [0.4, 0.5) is 9.18 Å². The van der Waals surface area contributed by atoms with Gasteiger partial charge in [-0.05, 0) is 31.2 Å². The zero-order valence-corrected chi connectivity index (χ0v) is 19.5. The number of rotatable bonds is 8. The van der Waals surface area contributed by atoms with E-state index < -0.39 is 17.8 Å². The second-order valence-electron chi connectivity index (χ2n) is 8.17. The predicted molar refractivity (Wildman–Crippen MR) is 126 cm³/mol. The van der Waals surface area contributed by atoms with Gasteiger partial charge in [-0.1, -0.05) is 0 Å². The van der Waals surface area contributed by atoms with Gasteiger partial charge in [0.05, 0.1) is 25.0 Å². The smallest absolute Gasteiger partial charge is 0.407 e. The summed E-state index contributed by atoms with van der Waals surface area (Å²) in [4.78, 5) is 28.4. The molecule has 35 heavy (non-hydrogen) atoms. The van der Waals surface area contributed by atoms with Crippen molar-refractivity contribution in [2.24, 2.45) is 12.8 Å². The first-order chi connectivity index (χ1) is 16.7. The Morgan fingerprint density at radius 3 is 2.74 bits per heavy atom. The van der Waals surface area contributed by atoms with Crippen molar-refractivity contribution in [3.8, 4) is 16.9 Å². The van der Waals surface area contributed by atoms with Gasteiger partial charge in [-0.15, -0.1) is 0 Å². The maximum Gasteiger partial charge on any atom is 0.407 e. The minimum atomic E-state index is -1.05. The number of imidazole rings is 1. The number of amides is 2. The van der Waals surface area contributed by atoms with Crippen LogP contribution in [0.25, 0.3) is 16.8 Å². The highest BCUT2D eigenvalue weighted by molar-refractivity contribution is 5.92. The first kappa shape index (κ1) is 23.7. The van der Waals surface area contributed by atoms with Crippen molar-refractivity contribution in [3.63, 3.8) is 0 Å². The summed E-state index contributed by atoms with van der Waals surface area (Å²) in [6.45, 7) is 2.16. The van der Waals surface area contributed by atoms with Gasteiger partial charge in [0.15, 0.2) is 5.69 Å². The Balaban J connectivity index is 1.62. The number of fused-ring (bicyclic) bond motifs is 1. The summed E-state index contributed by atoms with van der Waals surface area (Å²) in [5, 5.41) is 13.3. The second kappa shape index (κ2) is 9.45. The Kier molecular flexibility index (Phi) is 6.41. The highest BCUT2D eigenvalue weighted by Crippen LogP contribution is 2.31. The van der Waals surface area contributed by atoms with Crippen molar-refractivity contribution in [2.75, 3.05) is 13.7 Å². The lowest BCUT2D eigenvalue weighted by Gasteiger charge is -2.14. The Morgan fingerprint density at radius 1 is 1.26 bits per heavy atom. The lowest BCUT2D eigenvalue weighted by molar-refractivity contribution is 0.0993. The molecule has 4 aromatic rings. The average Bonchev–Trinajstić information content (AvgIpc) is 3.34. The Bertz CT molecular complexity index is 1430. The molecule has 0 spiro atoms. The third-order valence-corrected chi connectivity index (χ3v) is 5.86. The molecule has 0 aliphatic rings. The predicted octanol–water partition coefficient (Wildman–Crippen LogP) is 3.01. The fourth-order valence-corrected chi connectivity index (χ4v) is 3.88. The van der Waals surface area contributed by atoms with E-state index in [1.54, 1.807) is 34.5 Å². The van der Waals surface area contributed by atoms with E-state index in [-0.39, 0.29) is 18.8 Å². The molecule has 182 valence electrons. The van der Waals surface area contributed by atoms with Gasteiger partial charge in [0.1, 0.15) is 17.2 Å². The van der Waals surface area contributed by atoms with Gasteiger partial charge in [-0.3, -0.25) is 9.48 Å². The maximum absolute atomic E-state index is 14.1. The van der Waals surface area contributed by atoms with Crippen LogP contribution in [0.5, 0.6) is 5.75 Å². The fourth-order valence-electron chi connectivity index (χ4n) is 3.88. The third kappa shape index (κ3) is 4.79. The summed E-state index contributed by atoms with van der Waals surface area (Å²) in [6.07, 6.45) is 2.74. The van der Waals surface area contributed by atoms with Crippen LogP contribution in [-0.4, -0.2) is 54.8 Å².